The summed E-state index contributed by atoms with van der Waals surface area (Å²) < 4.78 is 7.70. The van der Waals surface area contributed by atoms with Gasteiger partial charge in [-0.05, 0) is 38.0 Å². The third kappa shape index (κ3) is 4.33. The van der Waals surface area contributed by atoms with Crippen molar-refractivity contribution in [3.8, 4) is 5.75 Å². The Morgan fingerprint density at radius 3 is 2.81 bits per heavy atom. The lowest BCUT2D eigenvalue weighted by molar-refractivity contribution is 0.340. The van der Waals surface area contributed by atoms with Crippen LogP contribution in [-0.2, 0) is 26.1 Å². The molecule has 0 aliphatic carbocycles. The van der Waals surface area contributed by atoms with E-state index in [4.69, 9.17) is 9.73 Å². The van der Waals surface area contributed by atoms with Crippen molar-refractivity contribution in [2.24, 2.45) is 4.99 Å². The van der Waals surface area contributed by atoms with Crippen LogP contribution in [0, 0.1) is 0 Å². The van der Waals surface area contributed by atoms with Crippen LogP contribution in [0.5, 0.6) is 5.75 Å². The summed E-state index contributed by atoms with van der Waals surface area (Å²) in [6.07, 6.45) is 2.17. The average molecular weight is 356 g/mol. The normalized spacial score (nSPS) is 13.6. The van der Waals surface area contributed by atoms with Crippen LogP contribution >= 0.6 is 0 Å². The molecule has 2 aromatic rings. The molecule has 2 heterocycles. The highest BCUT2D eigenvalue weighted by molar-refractivity contribution is 5.79. The Morgan fingerprint density at radius 2 is 2.08 bits per heavy atom. The average Bonchev–Trinajstić information content (AvgIpc) is 3.25. The quantitative estimate of drug-likeness (QED) is 0.609. The van der Waals surface area contributed by atoms with Crippen LogP contribution in [0.1, 0.15) is 37.5 Å². The maximum Gasteiger partial charge on any atom is 0.194 e. The molecule has 0 unspecified atom stereocenters. The minimum atomic E-state index is 0.545. The first kappa shape index (κ1) is 18.2. The van der Waals surface area contributed by atoms with E-state index in [1.165, 1.54) is 5.56 Å². The predicted molar refractivity (Wildman–Crippen MR) is 102 cm³/mol. The summed E-state index contributed by atoms with van der Waals surface area (Å²) in [5, 5.41) is 11.9. The fourth-order valence-electron chi connectivity index (χ4n) is 3.15. The highest BCUT2D eigenvalue weighted by atomic mass is 16.5. The van der Waals surface area contributed by atoms with Crippen molar-refractivity contribution in [1.29, 1.82) is 0 Å². The SMILES string of the molecule is CCNC(=NCc1nnc2n1CCC2)N(C)Cc1ccc(OCC)cc1. The van der Waals surface area contributed by atoms with Crippen molar-refractivity contribution >= 4 is 5.96 Å². The lowest BCUT2D eigenvalue weighted by atomic mass is 10.2. The van der Waals surface area contributed by atoms with Crippen molar-refractivity contribution in [2.45, 2.75) is 46.3 Å². The summed E-state index contributed by atoms with van der Waals surface area (Å²) in [5.74, 6) is 3.81. The Labute approximate surface area is 155 Å². The molecule has 1 aromatic heterocycles. The maximum absolute atomic E-state index is 5.50. The number of aromatic nitrogens is 3. The molecular weight excluding hydrogens is 328 g/mol. The van der Waals surface area contributed by atoms with Gasteiger partial charge < -0.3 is 19.5 Å². The summed E-state index contributed by atoms with van der Waals surface area (Å²) in [5.41, 5.74) is 1.21. The first-order chi connectivity index (χ1) is 12.7. The summed E-state index contributed by atoms with van der Waals surface area (Å²) in [6.45, 7) is 7.90. The molecule has 1 aromatic carbocycles. The zero-order valence-corrected chi connectivity index (χ0v) is 15.9. The van der Waals surface area contributed by atoms with Gasteiger partial charge in [0.15, 0.2) is 11.8 Å². The van der Waals surface area contributed by atoms with E-state index in [2.05, 4.69) is 44.0 Å². The molecule has 0 atom stereocenters. The Hall–Kier alpha value is -2.57. The third-order valence-electron chi connectivity index (χ3n) is 4.41. The van der Waals surface area contributed by atoms with Crippen LogP contribution in [0.25, 0.3) is 0 Å². The number of aryl methyl sites for hydroxylation is 1. The van der Waals surface area contributed by atoms with Gasteiger partial charge in [-0.2, -0.15) is 0 Å². The first-order valence-corrected chi connectivity index (χ1v) is 9.33. The van der Waals surface area contributed by atoms with Crippen molar-refractivity contribution < 1.29 is 4.74 Å². The van der Waals surface area contributed by atoms with Crippen molar-refractivity contribution in [1.82, 2.24) is 25.0 Å². The molecule has 0 amide bonds. The Kier molecular flexibility index (Phi) is 6.09. The zero-order chi connectivity index (χ0) is 18.4. The molecule has 1 aliphatic heterocycles. The summed E-state index contributed by atoms with van der Waals surface area (Å²) in [4.78, 5) is 6.89. The second kappa shape index (κ2) is 8.69. The molecule has 0 saturated heterocycles. The number of hydrogen-bond acceptors (Lipinski definition) is 4. The Morgan fingerprint density at radius 1 is 1.27 bits per heavy atom. The van der Waals surface area contributed by atoms with Crippen LogP contribution in [0.3, 0.4) is 0 Å². The molecule has 0 fully saturated rings. The van der Waals surface area contributed by atoms with E-state index in [0.29, 0.717) is 13.2 Å². The molecule has 0 saturated carbocycles. The topological polar surface area (TPSA) is 67.6 Å². The molecular formula is C19H28N6O. The van der Waals surface area contributed by atoms with Crippen molar-refractivity contribution in [3.05, 3.63) is 41.5 Å². The van der Waals surface area contributed by atoms with Gasteiger partial charge in [-0.1, -0.05) is 12.1 Å². The number of ether oxygens (including phenoxy) is 1. The summed E-state index contributed by atoms with van der Waals surface area (Å²) >= 11 is 0. The number of aliphatic imine (C=N–C) groups is 1. The zero-order valence-electron chi connectivity index (χ0n) is 15.9. The van der Waals surface area contributed by atoms with E-state index >= 15 is 0 Å². The first-order valence-electron chi connectivity index (χ1n) is 9.33. The van der Waals surface area contributed by atoms with Gasteiger partial charge in [0.1, 0.15) is 18.1 Å². The van der Waals surface area contributed by atoms with Gasteiger partial charge in [0.05, 0.1) is 6.61 Å². The lowest BCUT2D eigenvalue weighted by Gasteiger charge is -2.22. The van der Waals surface area contributed by atoms with E-state index in [1.54, 1.807) is 0 Å². The minimum absolute atomic E-state index is 0.545. The van der Waals surface area contributed by atoms with Gasteiger partial charge in [-0.25, -0.2) is 4.99 Å². The highest BCUT2D eigenvalue weighted by Crippen LogP contribution is 2.15. The van der Waals surface area contributed by atoms with Crippen LogP contribution in [0.2, 0.25) is 0 Å². The standard InChI is InChI=1S/C19H28N6O/c1-4-20-19(21-13-18-23-22-17-7-6-12-25(17)18)24(3)14-15-8-10-16(11-9-15)26-5-2/h8-11H,4-7,12-14H2,1-3H3,(H,20,21). The number of nitrogens with one attached hydrogen (secondary N) is 1. The molecule has 7 heteroatoms. The molecule has 7 nitrogen and oxygen atoms in total. The number of benzene rings is 1. The molecule has 0 bridgehead atoms. The van der Waals surface area contributed by atoms with Gasteiger partial charge in [-0.15, -0.1) is 10.2 Å². The highest BCUT2D eigenvalue weighted by Gasteiger charge is 2.17. The van der Waals surface area contributed by atoms with E-state index < -0.39 is 0 Å². The van der Waals surface area contributed by atoms with Gasteiger partial charge in [0, 0.05) is 33.1 Å². The third-order valence-corrected chi connectivity index (χ3v) is 4.41. The number of nitrogens with zero attached hydrogens (tertiary/aromatic N) is 5. The van der Waals surface area contributed by atoms with E-state index in [1.807, 2.05) is 26.1 Å². The van der Waals surface area contributed by atoms with Crippen LogP contribution in [-0.4, -0.2) is 45.8 Å². The van der Waals surface area contributed by atoms with Crippen molar-refractivity contribution in [3.63, 3.8) is 0 Å². The van der Waals surface area contributed by atoms with Gasteiger partial charge >= 0.3 is 0 Å². The van der Waals surface area contributed by atoms with Crippen LogP contribution in [0.4, 0.5) is 0 Å². The van der Waals surface area contributed by atoms with E-state index in [0.717, 1.165) is 55.8 Å². The molecule has 140 valence electrons. The second-order valence-corrected chi connectivity index (χ2v) is 6.39. The van der Waals surface area contributed by atoms with Crippen LogP contribution < -0.4 is 10.1 Å². The van der Waals surface area contributed by atoms with Gasteiger partial charge in [0.2, 0.25) is 0 Å². The Balaban J connectivity index is 1.65. The van der Waals surface area contributed by atoms with Crippen molar-refractivity contribution in [2.75, 3.05) is 20.2 Å². The fourth-order valence-corrected chi connectivity index (χ4v) is 3.15. The smallest absolute Gasteiger partial charge is 0.194 e. The number of hydrogen-bond donors (Lipinski definition) is 1. The van der Waals surface area contributed by atoms with Gasteiger partial charge in [-0.3, -0.25) is 0 Å². The number of fused-ring (bicyclic) bond motifs is 1. The molecule has 1 aliphatic rings. The number of rotatable bonds is 7. The number of guanidine groups is 1. The largest absolute Gasteiger partial charge is 0.494 e. The van der Waals surface area contributed by atoms with Crippen LogP contribution in [0.15, 0.2) is 29.3 Å². The molecule has 0 radical (unpaired) electrons. The van der Waals surface area contributed by atoms with Gasteiger partial charge in [0.25, 0.3) is 0 Å². The lowest BCUT2D eigenvalue weighted by Crippen LogP contribution is -2.38. The van der Waals surface area contributed by atoms with E-state index in [-0.39, 0.29) is 0 Å². The summed E-state index contributed by atoms with van der Waals surface area (Å²) in [7, 11) is 2.05. The molecule has 3 rings (SSSR count). The Bertz CT molecular complexity index is 737. The monoisotopic (exact) mass is 356 g/mol. The molecule has 1 N–H and O–H groups in total. The predicted octanol–water partition coefficient (Wildman–Crippen LogP) is 2.22. The maximum atomic E-state index is 5.50. The minimum Gasteiger partial charge on any atom is -0.494 e. The molecule has 0 spiro atoms. The fraction of sp³-hybridized carbons (Fsp3) is 0.526. The summed E-state index contributed by atoms with van der Waals surface area (Å²) in [6, 6.07) is 8.21. The second-order valence-electron chi connectivity index (χ2n) is 6.39. The molecule has 26 heavy (non-hydrogen) atoms. The van der Waals surface area contributed by atoms with E-state index in [9.17, 15) is 0 Å².